The first-order valence-electron chi connectivity index (χ1n) is 8.73. The van der Waals surface area contributed by atoms with Crippen LogP contribution in [0.15, 0.2) is 83.0 Å². The number of nitrogens with one attached hydrogen (secondary N) is 1. The van der Waals surface area contributed by atoms with E-state index in [0.717, 1.165) is 4.90 Å². The van der Waals surface area contributed by atoms with Crippen LogP contribution in [-0.2, 0) is 9.63 Å². The Morgan fingerprint density at radius 3 is 2.59 bits per heavy atom. The third kappa shape index (κ3) is 5.98. The van der Waals surface area contributed by atoms with Gasteiger partial charge in [0.2, 0.25) is 5.88 Å². The number of amidine groups is 1. The molecule has 8 heteroatoms. The Morgan fingerprint density at radius 1 is 1.10 bits per heavy atom. The molecule has 0 aliphatic carbocycles. The number of benzene rings is 2. The van der Waals surface area contributed by atoms with E-state index in [1.807, 2.05) is 48.7 Å². The summed E-state index contributed by atoms with van der Waals surface area (Å²) in [6.45, 7) is -0.278. The fourth-order valence-electron chi connectivity index (χ4n) is 2.35. The molecule has 1 aromatic heterocycles. The van der Waals surface area contributed by atoms with Crippen LogP contribution < -0.4 is 15.8 Å². The highest BCUT2D eigenvalue weighted by Gasteiger charge is 2.11. The Kier molecular flexibility index (Phi) is 7.07. The first-order valence-corrected chi connectivity index (χ1v) is 9.96. The molecule has 3 aromatic rings. The van der Waals surface area contributed by atoms with E-state index < -0.39 is 0 Å². The second-order valence-electron chi connectivity index (χ2n) is 5.80. The lowest BCUT2D eigenvalue weighted by molar-refractivity contribution is -0.120. The largest absolute Gasteiger partial charge is 0.438 e. The lowest BCUT2D eigenvalue weighted by Crippen LogP contribution is -2.20. The normalized spacial score (nSPS) is 11.0. The third-order valence-corrected chi connectivity index (χ3v) is 4.48. The number of ether oxygens (including phenoxy) is 1. The smallest absolute Gasteiger partial charge is 0.265 e. The van der Waals surface area contributed by atoms with E-state index in [1.165, 1.54) is 0 Å². The van der Waals surface area contributed by atoms with Gasteiger partial charge >= 0.3 is 0 Å². The molecule has 0 radical (unpaired) electrons. The van der Waals surface area contributed by atoms with Crippen molar-refractivity contribution in [3.05, 3.63) is 78.5 Å². The van der Waals surface area contributed by atoms with Crippen molar-refractivity contribution in [1.82, 2.24) is 4.98 Å². The molecule has 3 rings (SSSR count). The number of para-hydroxylation sites is 1. The molecule has 0 fully saturated rings. The standard InChI is InChI=1S/C21H20N4O3S/c1-29-17-11-9-15(10-12-17)24-19(26)14-27-25-20(22)18-8-5-13-23-21(18)28-16-6-3-2-4-7-16/h2-13H,14H2,1H3,(H2,22,25)(H,24,26). The summed E-state index contributed by atoms with van der Waals surface area (Å²) in [5.74, 6) is 0.626. The molecule has 0 saturated carbocycles. The zero-order valence-corrected chi connectivity index (χ0v) is 16.6. The molecular weight excluding hydrogens is 388 g/mol. The molecule has 0 aliphatic heterocycles. The summed E-state index contributed by atoms with van der Waals surface area (Å²) in [7, 11) is 0. The number of oxime groups is 1. The molecule has 0 spiro atoms. The zero-order valence-electron chi connectivity index (χ0n) is 15.7. The van der Waals surface area contributed by atoms with Gasteiger partial charge < -0.3 is 20.6 Å². The van der Waals surface area contributed by atoms with Gasteiger partial charge in [-0.15, -0.1) is 11.8 Å². The van der Waals surface area contributed by atoms with E-state index in [2.05, 4.69) is 15.5 Å². The average Bonchev–Trinajstić information content (AvgIpc) is 2.75. The summed E-state index contributed by atoms with van der Waals surface area (Å²) in [5.41, 5.74) is 7.13. The first kappa shape index (κ1) is 20.2. The van der Waals surface area contributed by atoms with Gasteiger partial charge in [0, 0.05) is 16.8 Å². The second kappa shape index (κ2) is 10.1. The Hall–Kier alpha value is -3.52. The van der Waals surface area contributed by atoms with Crippen LogP contribution in [0.4, 0.5) is 5.69 Å². The van der Waals surface area contributed by atoms with Crippen LogP contribution in [-0.4, -0.2) is 29.6 Å². The Labute approximate surface area is 172 Å². The van der Waals surface area contributed by atoms with Crippen LogP contribution in [0, 0.1) is 0 Å². The highest BCUT2D eigenvalue weighted by Crippen LogP contribution is 2.22. The summed E-state index contributed by atoms with van der Waals surface area (Å²) < 4.78 is 5.75. The van der Waals surface area contributed by atoms with Crippen LogP contribution in [0.25, 0.3) is 0 Å². The van der Waals surface area contributed by atoms with Crippen LogP contribution in [0.5, 0.6) is 11.6 Å². The van der Waals surface area contributed by atoms with E-state index in [0.29, 0.717) is 22.9 Å². The van der Waals surface area contributed by atoms with Gasteiger partial charge in [-0.2, -0.15) is 0 Å². The van der Waals surface area contributed by atoms with Gasteiger partial charge in [-0.05, 0) is 54.8 Å². The van der Waals surface area contributed by atoms with Crippen LogP contribution in [0.2, 0.25) is 0 Å². The number of rotatable bonds is 8. The quantitative estimate of drug-likeness (QED) is 0.254. The summed E-state index contributed by atoms with van der Waals surface area (Å²) in [5, 5.41) is 6.55. The molecule has 0 saturated heterocycles. The molecule has 0 aliphatic rings. The minimum atomic E-state index is -0.342. The summed E-state index contributed by atoms with van der Waals surface area (Å²) in [6, 6.07) is 20.1. The number of amides is 1. The highest BCUT2D eigenvalue weighted by molar-refractivity contribution is 7.98. The molecule has 29 heavy (non-hydrogen) atoms. The number of carbonyl (C=O) groups is 1. The molecule has 7 nitrogen and oxygen atoms in total. The topological polar surface area (TPSA) is 98.8 Å². The van der Waals surface area contributed by atoms with Crippen molar-refractivity contribution in [2.24, 2.45) is 10.9 Å². The van der Waals surface area contributed by atoms with Crippen molar-refractivity contribution in [3.63, 3.8) is 0 Å². The molecule has 3 N–H and O–H groups in total. The number of carbonyl (C=O) groups excluding carboxylic acids is 1. The van der Waals surface area contributed by atoms with E-state index in [-0.39, 0.29) is 18.3 Å². The van der Waals surface area contributed by atoms with Crippen LogP contribution in [0.3, 0.4) is 0 Å². The van der Waals surface area contributed by atoms with E-state index in [1.54, 1.807) is 42.2 Å². The number of thioether (sulfide) groups is 1. The van der Waals surface area contributed by atoms with Crippen molar-refractivity contribution in [2.75, 3.05) is 18.2 Å². The third-order valence-electron chi connectivity index (χ3n) is 3.74. The fourth-order valence-corrected chi connectivity index (χ4v) is 2.76. The van der Waals surface area contributed by atoms with Gasteiger partial charge in [-0.1, -0.05) is 23.4 Å². The highest BCUT2D eigenvalue weighted by atomic mass is 32.2. The molecule has 2 aromatic carbocycles. The molecule has 0 unspecified atom stereocenters. The monoisotopic (exact) mass is 408 g/mol. The number of aromatic nitrogens is 1. The second-order valence-corrected chi connectivity index (χ2v) is 6.68. The minimum absolute atomic E-state index is 0.0566. The number of nitrogens with two attached hydrogens (primary N) is 1. The van der Waals surface area contributed by atoms with E-state index in [4.69, 9.17) is 15.3 Å². The van der Waals surface area contributed by atoms with Gasteiger partial charge in [0.15, 0.2) is 12.4 Å². The van der Waals surface area contributed by atoms with Crippen molar-refractivity contribution in [1.29, 1.82) is 0 Å². The zero-order chi connectivity index (χ0) is 20.5. The minimum Gasteiger partial charge on any atom is -0.438 e. The molecular formula is C21H20N4O3S. The number of pyridine rings is 1. The van der Waals surface area contributed by atoms with Gasteiger partial charge in [-0.3, -0.25) is 4.79 Å². The van der Waals surface area contributed by atoms with Gasteiger partial charge in [0.25, 0.3) is 5.91 Å². The summed E-state index contributed by atoms with van der Waals surface area (Å²) in [6.07, 6.45) is 3.58. The Morgan fingerprint density at radius 2 is 1.86 bits per heavy atom. The van der Waals surface area contributed by atoms with Crippen molar-refractivity contribution < 1.29 is 14.4 Å². The predicted molar refractivity (Wildman–Crippen MR) is 114 cm³/mol. The summed E-state index contributed by atoms with van der Waals surface area (Å²) in [4.78, 5) is 22.4. The van der Waals surface area contributed by atoms with Gasteiger partial charge in [-0.25, -0.2) is 4.98 Å². The van der Waals surface area contributed by atoms with Crippen molar-refractivity contribution in [3.8, 4) is 11.6 Å². The molecule has 1 amide bonds. The number of hydrogen-bond donors (Lipinski definition) is 2. The fraction of sp³-hybridized carbons (Fsp3) is 0.0952. The molecule has 148 valence electrons. The van der Waals surface area contributed by atoms with Gasteiger partial charge in [0.05, 0.1) is 5.56 Å². The van der Waals surface area contributed by atoms with Crippen LogP contribution in [0.1, 0.15) is 5.56 Å². The number of anilines is 1. The summed E-state index contributed by atoms with van der Waals surface area (Å²) >= 11 is 1.63. The maximum absolute atomic E-state index is 12.0. The van der Waals surface area contributed by atoms with Gasteiger partial charge in [0.1, 0.15) is 5.75 Å². The lowest BCUT2D eigenvalue weighted by atomic mass is 10.2. The maximum atomic E-state index is 12.0. The SMILES string of the molecule is CSc1ccc(NC(=O)CO/N=C(/N)c2cccnc2Oc2ccccc2)cc1. The maximum Gasteiger partial charge on any atom is 0.265 e. The van der Waals surface area contributed by atoms with Crippen molar-refractivity contribution in [2.45, 2.75) is 4.90 Å². The van der Waals surface area contributed by atoms with E-state index >= 15 is 0 Å². The van der Waals surface area contributed by atoms with E-state index in [9.17, 15) is 4.79 Å². The predicted octanol–water partition coefficient (Wildman–Crippen LogP) is 3.87. The first-order chi connectivity index (χ1) is 14.2. The molecule has 1 heterocycles. The molecule has 0 bridgehead atoms. The number of nitrogens with zero attached hydrogens (tertiary/aromatic N) is 2. The molecule has 0 atom stereocenters. The average molecular weight is 408 g/mol. The van der Waals surface area contributed by atoms with Crippen LogP contribution >= 0.6 is 11.8 Å². The lowest BCUT2D eigenvalue weighted by Gasteiger charge is -2.09. The number of hydrogen-bond acceptors (Lipinski definition) is 6. The van der Waals surface area contributed by atoms with Crippen molar-refractivity contribution >= 4 is 29.2 Å². The Balaban J connectivity index is 1.59. The Bertz CT molecular complexity index is 979.